The Bertz CT molecular complexity index is 1120. The van der Waals surface area contributed by atoms with Crippen LogP contribution < -0.4 is 9.46 Å². The first-order chi connectivity index (χ1) is 15.2. The average Bonchev–Trinajstić information content (AvgIpc) is 2.80. The molecular weight excluding hydrogens is 457 g/mol. The molecule has 3 rings (SSSR count). The van der Waals surface area contributed by atoms with Crippen molar-refractivity contribution in [1.82, 2.24) is 9.62 Å². The second-order valence-electron chi connectivity index (χ2n) is 7.66. The van der Waals surface area contributed by atoms with E-state index in [2.05, 4.69) is 10.8 Å². The molecule has 1 aliphatic rings. The van der Waals surface area contributed by atoms with Crippen LogP contribution in [-0.2, 0) is 21.2 Å². The van der Waals surface area contributed by atoms with Crippen LogP contribution in [0, 0.1) is 22.6 Å². The smallest absolute Gasteiger partial charge is 0.260 e. The third-order valence-corrected chi connectivity index (χ3v) is 7.25. The molecule has 1 aliphatic heterocycles. The van der Waals surface area contributed by atoms with Gasteiger partial charge in [0.25, 0.3) is 5.91 Å². The normalized spacial score (nSPS) is 15.8. The van der Waals surface area contributed by atoms with Crippen LogP contribution in [0.1, 0.15) is 18.4 Å². The van der Waals surface area contributed by atoms with E-state index < -0.39 is 15.4 Å². The van der Waals surface area contributed by atoms with Gasteiger partial charge in [-0.2, -0.15) is 5.26 Å². The highest BCUT2D eigenvalue weighted by molar-refractivity contribution is 7.89. The first kappa shape index (κ1) is 24.0. The highest BCUT2D eigenvalue weighted by Gasteiger charge is 2.36. The minimum atomic E-state index is -3.82. The van der Waals surface area contributed by atoms with E-state index in [0.29, 0.717) is 32.4 Å². The second kappa shape index (κ2) is 9.86. The van der Waals surface area contributed by atoms with Crippen LogP contribution in [-0.4, -0.2) is 46.0 Å². The Labute approximate surface area is 191 Å². The van der Waals surface area contributed by atoms with Crippen molar-refractivity contribution in [3.8, 4) is 11.8 Å². The Morgan fingerprint density at radius 3 is 2.50 bits per heavy atom. The number of piperidine rings is 1. The number of ether oxygens (including phenoxy) is 1. The Hall–Kier alpha value is -2.67. The predicted octanol–water partition coefficient (Wildman–Crippen LogP) is 3.14. The van der Waals surface area contributed by atoms with Crippen LogP contribution in [0.15, 0.2) is 47.4 Å². The summed E-state index contributed by atoms with van der Waals surface area (Å²) in [7, 11) is -2.55. The monoisotopic (exact) mass is 479 g/mol. The van der Waals surface area contributed by atoms with Crippen molar-refractivity contribution < 1.29 is 22.3 Å². The Morgan fingerprint density at radius 2 is 1.91 bits per heavy atom. The molecule has 1 heterocycles. The highest BCUT2D eigenvalue weighted by atomic mass is 35.5. The van der Waals surface area contributed by atoms with Crippen LogP contribution in [0.3, 0.4) is 0 Å². The number of sulfonamides is 1. The molecule has 0 saturated carbocycles. The molecule has 0 bridgehead atoms. The molecule has 1 fully saturated rings. The van der Waals surface area contributed by atoms with Gasteiger partial charge >= 0.3 is 0 Å². The summed E-state index contributed by atoms with van der Waals surface area (Å²) < 4.78 is 45.3. The van der Waals surface area contributed by atoms with Crippen molar-refractivity contribution in [2.45, 2.75) is 24.2 Å². The van der Waals surface area contributed by atoms with E-state index >= 15 is 0 Å². The standard InChI is InChI=1S/C22H23ClFN3O4S/c1-26-32(29,30)20-12-17(23)4-7-19(20)31-14-21(28)27-10-8-22(15-25,9-11-27)13-16-2-5-18(24)6-3-16/h2-7,12,26H,8-11,13-14H2,1H3. The van der Waals surface area contributed by atoms with Gasteiger partial charge in [-0.15, -0.1) is 0 Å². The maximum absolute atomic E-state index is 13.1. The molecule has 0 aliphatic carbocycles. The number of rotatable bonds is 7. The molecule has 0 radical (unpaired) electrons. The van der Waals surface area contributed by atoms with E-state index in [1.54, 1.807) is 17.0 Å². The van der Waals surface area contributed by atoms with Crippen molar-refractivity contribution >= 4 is 27.5 Å². The topological polar surface area (TPSA) is 99.5 Å². The van der Waals surface area contributed by atoms with Crippen LogP contribution in [0.5, 0.6) is 5.75 Å². The van der Waals surface area contributed by atoms with Gasteiger partial charge in [0, 0.05) is 18.1 Å². The number of carbonyl (C=O) groups excluding carboxylic acids is 1. The quantitative estimate of drug-likeness (QED) is 0.657. The Morgan fingerprint density at radius 1 is 1.25 bits per heavy atom. The number of nitrogens with zero attached hydrogens (tertiary/aromatic N) is 2. The second-order valence-corrected chi connectivity index (χ2v) is 9.95. The van der Waals surface area contributed by atoms with E-state index in [0.717, 1.165) is 5.56 Å². The summed E-state index contributed by atoms with van der Waals surface area (Å²) in [6.45, 7) is 0.407. The summed E-state index contributed by atoms with van der Waals surface area (Å²) in [6, 6.07) is 12.6. The molecule has 0 spiro atoms. The fraction of sp³-hybridized carbons (Fsp3) is 0.364. The van der Waals surface area contributed by atoms with Gasteiger partial charge in [-0.3, -0.25) is 4.79 Å². The lowest BCUT2D eigenvalue weighted by atomic mass is 9.75. The van der Waals surface area contributed by atoms with Gasteiger partial charge in [-0.1, -0.05) is 23.7 Å². The van der Waals surface area contributed by atoms with Gasteiger partial charge in [-0.25, -0.2) is 17.5 Å². The molecule has 1 saturated heterocycles. The molecule has 32 heavy (non-hydrogen) atoms. The van der Waals surface area contributed by atoms with Crippen molar-refractivity contribution in [2.24, 2.45) is 5.41 Å². The van der Waals surface area contributed by atoms with Crippen LogP contribution in [0.25, 0.3) is 0 Å². The zero-order chi connectivity index (χ0) is 23.4. The first-order valence-corrected chi connectivity index (χ1v) is 11.8. The summed E-state index contributed by atoms with van der Waals surface area (Å²) >= 11 is 5.90. The van der Waals surface area contributed by atoms with E-state index in [-0.39, 0.29) is 34.0 Å². The summed E-state index contributed by atoms with van der Waals surface area (Å²) in [6.07, 6.45) is 1.44. The van der Waals surface area contributed by atoms with Gasteiger partial charge in [0.1, 0.15) is 16.5 Å². The van der Waals surface area contributed by atoms with Gasteiger partial charge in [0.15, 0.2) is 6.61 Å². The number of halogens is 2. The summed E-state index contributed by atoms with van der Waals surface area (Å²) in [5.41, 5.74) is 0.247. The van der Waals surface area contributed by atoms with E-state index in [1.807, 2.05) is 0 Å². The van der Waals surface area contributed by atoms with E-state index in [4.69, 9.17) is 16.3 Å². The number of hydrogen-bond acceptors (Lipinski definition) is 5. The maximum atomic E-state index is 13.1. The molecule has 1 N–H and O–H groups in total. The van der Waals surface area contributed by atoms with Crippen molar-refractivity contribution in [1.29, 1.82) is 5.26 Å². The largest absolute Gasteiger partial charge is 0.482 e. The summed E-state index contributed by atoms with van der Waals surface area (Å²) in [5, 5.41) is 9.99. The zero-order valence-corrected chi connectivity index (χ0v) is 19.0. The molecule has 0 unspecified atom stereocenters. The molecule has 170 valence electrons. The predicted molar refractivity (Wildman–Crippen MR) is 117 cm³/mol. The SMILES string of the molecule is CNS(=O)(=O)c1cc(Cl)ccc1OCC(=O)N1CCC(C#N)(Cc2ccc(F)cc2)CC1. The fourth-order valence-corrected chi connectivity index (χ4v) is 4.79. The van der Waals surface area contributed by atoms with Gasteiger partial charge in [-0.05, 0) is 62.2 Å². The number of amides is 1. The van der Waals surface area contributed by atoms with E-state index in [1.165, 1.54) is 37.4 Å². The number of likely N-dealkylation sites (tertiary alicyclic amines) is 1. The molecule has 2 aromatic rings. The van der Waals surface area contributed by atoms with Crippen LogP contribution in [0.4, 0.5) is 4.39 Å². The molecule has 1 amide bonds. The van der Waals surface area contributed by atoms with E-state index in [9.17, 15) is 22.9 Å². The third kappa shape index (κ3) is 5.57. The number of hydrogen-bond donors (Lipinski definition) is 1. The molecule has 10 heteroatoms. The summed E-state index contributed by atoms with van der Waals surface area (Å²) in [4.78, 5) is 14.1. The number of nitrogens with one attached hydrogen (secondary N) is 1. The fourth-order valence-electron chi connectivity index (χ4n) is 3.66. The van der Waals surface area contributed by atoms with Crippen molar-refractivity contribution in [2.75, 3.05) is 26.7 Å². The lowest BCUT2D eigenvalue weighted by Gasteiger charge is -2.37. The molecule has 2 aromatic carbocycles. The molecule has 0 aromatic heterocycles. The number of benzene rings is 2. The lowest BCUT2D eigenvalue weighted by Crippen LogP contribution is -2.45. The van der Waals surface area contributed by atoms with Crippen LogP contribution in [0.2, 0.25) is 5.02 Å². The Balaban J connectivity index is 1.62. The minimum absolute atomic E-state index is 0.0248. The van der Waals surface area contributed by atoms with Crippen molar-refractivity contribution in [3.05, 3.63) is 58.9 Å². The van der Waals surface area contributed by atoms with Crippen molar-refractivity contribution in [3.63, 3.8) is 0 Å². The third-order valence-electron chi connectivity index (χ3n) is 5.58. The van der Waals surface area contributed by atoms with Crippen LogP contribution >= 0.6 is 11.6 Å². The van der Waals surface area contributed by atoms with Gasteiger partial charge < -0.3 is 9.64 Å². The first-order valence-electron chi connectivity index (χ1n) is 9.97. The Kier molecular flexibility index (Phi) is 7.39. The highest BCUT2D eigenvalue weighted by Crippen LogP contribution is 2.35. The minimum Gasteiger partial charge on any atom is -0.482 e. The average molecular weight is 480 g/mol. The van der Waals surface area contributed by atoms with Gasteiger partial charge in [0.2, 0.25) is 10.0 Å². The maximum Gasteiger partial charge on any atom is 0.260 e. The summed E-state index contributed by atoms with van der Waals surface area (Å²) in [5.74, 6) is -0.607. The number of carbonyl (C=O) groups is 1. The van der Waals surface area contributed by atoms with Gasteiger partial charge in [0.05, 0.1) is 11.5 Å². The molecular formula is C22H23ClFN3O4S. The number of nitriles is 1. The molecule has 7 nitrogen and oxygen atoms in total. The molecule has 0 atom stereocenters. The zero-order valence-electron chi connectivity index (χ0n) is 17.5. The lowest BCUT2D eigenvalue weighted by molar-refractivity contribution is -0.135.